The molecule has 0 spiro atoms. The number of benzene rings is 1. The zero-order chi connectivity index (χ0) is 14.1. The Labute approximate surface area is 120 Å². The highest BCUT2D eigenvalue weighted by Gasteiger charge is 2.12. The molecule has 100 valence electrons. The van der Waals surface area contributed by atoms with Crippen LogP contribution in [0.5, 0.6) is 0 Å². The van der Waals surface area contributed by atoms with E-state index in [-0.39, 0.29) is 5.91 Å². The minimum Gasteiger partial charge on any atom is -0.349 e. The maximum atomic E-state index is 12.2. The summed E-state index contributed by atoms with van der Waals surface area (Å²) in [4.78, 5) is 19.4. The largest absolute Gasteiger partial charge is 0.349 e. The van der Waals surface area contributed by atoms with Crippen LogP contribution in [0, 0.1) is 6.92 Å². The van der Waals surface area contributed by atoms with E-state index < -0.39 is 0 Å². The van der Waals surface area contributed by atoms with Crippen LogP contribution in [0.3, 0.4) is 0 Å². The average Bonchev–Trinajstić information content (AvgIpc) is 2.87. The van der Waals surface area contributed by atoms with Gasteiger partial charge in [-0.05, 0) is 30.7 Å². The molecule has 0 unspecified atom stereocenters. The fraction of sp³-hybridized carbons (Fsp3) is 0.0667. The van der Waals surface area contributed by atoms with Crippen molar-refractivity contribution in [2.45, 2.75) is 6.92 Å². The smallest absolute Gasteiger partial charge is 0.273 e. The van der Waals surface area contributed by atoms with E-state index >= 15 is 0 Å². The van der Waals surface area contributed by atoms with Crippen molar-refractivity contribution in [2.24, 2.45) is 0 Å². The SMILES string of the molecule is Cc1cccnc1NC(=O)c1cc2cccc(Cl)c2[nH]1. The van der Waals surface area contributed by atoms with Gasteiger partial charge in [-0.15, -0.1) is 0 Å². The summed E-state index contributed by atoms with van der Waals surface area (Å²) >= 11 is 6.09. The zero-order valence-corrected chi connectivity index (χ0v) is 11.5. The lowest BCUT2D eigenvalue weighted by Gasteiger charge is -2.05. The number of pyridine rings is 1. The monoisotopic (exact) mass is 285 g/mol. The molecule has 0 aliphatic rings. The Bertz CT molecular complexity index is 795. The second kappa shape index (κ2) is 4.98. The van der Waals surface area contributed by atoms with Gasteiger partial charge in [-0.25, -0.2) is 4.98 Å². The number of halogens is 1. The second-order valence-electron chi connectivity index (χ2n) is 4.51. The first kappa shape index (κ1) is 12.7. The molecule has 4 nitrogen and oxygen atoms in total. The predicted molar refractivity (Wildman–Crippen MR) is 80.2 cm³/mol. The van der Waals surface area contributed by atoms with Crippen molar-refractivity contribution < 1.29 is 4.79 Å². The Morgan fingerprint density at radius 1 is 1.30 bits per heavy atom. The standard InChI is InChI=1S/C15H12ClN3O/c1-9-4-3-7-17-14(9)19-15(20)12-8-10-5-2-6-11(16)13(10)18-12/h2-8,18H,1H3,(H,17,19,20). The Balaban J connectivity index is 1.93. The molecule has 0 fully saturated rings. The van der Waals surface area contributed by atoms with Gasteiger partial charge in [0, 0.05) is 11.6 Å². The molecule has 0 atom stereocenters. The van der Waals surface area contributed by atoms with Crippen molar-refractivity contribution in [1.82, 2.24) is 9.97 Å². The quantitative estimate of drug-likeness (QED) is 0.753. The first-order valence-electron chi connectivity index (χ1n) is 6.15. The number of hydrogen-bond donors (Lipinski definition) is 2. The first-order chi connectivity index (χ1) is 9.65. The molecule has 20 heavy (non-hydrogen) atoms. The van der Waals surface area contributed by atoms with E-state index in [9.17, 15) is 4.79 Å². The Kier molecular flexibility index (Phi) is 3.16. The molecule has 2 aromatic heterocycles. The summed E-state index contributed by atoms with van der Waals surface area (Å²) in [5, 5.41) is 4.28. The van der Waals surface area contributed by atoms with E-state index in [0.29, 0.717) is 16.5 Å². The molecule has 1 amide bonds. The number of nitrogens with one attached hydrogen (secondary N) is 2. The minimum absolute atomic E-state index is 0.237. The fourth-order valence-corrected chi connectivity index (χ4v) is 2.26. The molecule has 2 heterocycles. The third-order valence-electron chi connectivity index (χ3n) is 3.09. The molecular formula is C15H12ClN3O. The number of aromatic nitrogens is 2. The van der Waals surface area contributed by atoms with Gasteiger partial charge in [-0.1, -0.05) is 29.8 Å². The zero-order valence-electron chi connectivity index (χ0n) is 10.8. The van der Waals surface area contributed by atoms with E-state index in [2.05, 4.69) is 15.3 Å². The van der Waals surface area contributed by atoms with Crippen LogP contribution in [0.1, 0.15) is 16.1 Å². The number of amides is 1. The number of aryl methyl sites for hydroxylation is 1. The Morgan fingerprint density at radius 3 is 2.90 bits per heavy atom. The van der Waals surface area contributed by atoms with Crippen molar-refractivity contribution in [3.63, 3.8) is 0 Å². The molecule has 0 radical (unpaired) electrons. The molecule has 0 bridgehead atoms. The van der Waals surface area contributed by atoms with Gasteiger partial charge in [0.05, 0.1) is 10.5 Å². The molecule has 0 aliphatic carbocycles. The maximum Gasteiger partial charge on any atom is 0.273 e. The number of rotatable bonds is 2. The molecule has 1 aromatic carbocycles. The first-order valence-corrected chi connectivity index (χ1v) is 6.53. The van der Waals surface area contributed by atoms with Crippen molar-refractivity contribution in [1.29, 1.82) is 0 Å². The van der Waals surface area contributed by atoms with Crippen LogP contribution in [-0.2, 0) is 0 Å². The van der Waals surface area contributed by atoms with Crippen LogP contribution in [-0.4, -0.2) is 15.9 Å². The van der Waals surface area contributed by atoms with Gasteiger partial charge in [-0.3, -0.25) is 4.79 Å². The summed E-state index contributed by atoms with van der Waals surface area (Å²) in [5.41, 5.74) is 2.13. The predicted octanol–water partition coefficient (Wildman–Crippen LogP) is 3.78. The minimum atomic E-state index is -0.237. The number of anilines is 1. The van der Waals surface area contributed by atoms with Gasteiger partial charge in [0.25, 0.3) is 5.91 Å². The summed E-state index contributed by atoms with van der Waals surface area (Å²) in [6.07, 6.45) is 1.64. The molecule has 0 saturated carbocycles. The second-order valence-corrected chi connectivity index (χ2v) is 4.92. The van der Waals surface area contributed by atoms with E-state index in [1.165, 1.54) is 0 Å². The third kappa shape index (κ3) is 2.26. The number of para-hydroxylation sites is 1. The molecule has 2 N–H and O–H groups in total. The van der Waals surface area contributed by atoms with Gasteiger partial charge in [-0.2, -0.15) is 0 Å². The van der Waals surface area contributed by atoms with Crippen LogP contribution in [0.15, 0.2) is 42.6 Å². The topological polar surface area (TPSA) is 57.8 Å². The molecule has 3 aromatic rings. The van der Waals surface area contributed by atoms with Crippen molar-refractivity contribution in [3.8, 4) is 0 Å². The lowest BCUT2D eigenvalue weighted by Crippen LogP contribution is -2.14. The number of aromatic amines is 1. The average molecular weight is 286 g/mol. The molecule has 0 aliphatic heterocycles. The molecule has 5 heteroatoms. The lowest BCUT2D eigenvalue weighted by molar-refractivity contribution is 0.102. The molecule has 3 rings (SSSR count). The highest BCUT2D eigenvalue weighted by molar-refractivity contribution is 6.35. The summed E-state index contributed by atoms with van der Waals surface area (Å²) in [5.74, 6) is 0.321. The number of carbonyl (C=O) groups is 1. The fourth-order valence-electron chi connectivity index (χ4n) is 2.03. The summed E-state index contributed by atoms with van der Waals surface area (Å²) in [7, 11) is 0. The van der Waals surface area contributed by atoms with E-state index in [0.717, 1.165) is 16.5 Å². The Morgan fingerprint density at radius 2 is 2.15 bits per heavy atom. The summed E-state index contributed by atoms with van der Waals surface area (Å²) in [6.45, 7) is 1.89. The number of nitrogens with zero attached hydrogens (tertiary/aromatic N) is 1. The molecular weight excluding hydrogens is 274 g/mol. The number of fused-ring (bicyclic) bond motifs is 1. The van der Waals surface area contributed by atoms with Crippen LogP contribution in [0.2, 0.25) is 5.02 Å². The van der Waals surface area contributed by atoms with E-state index in [1.807, 2.05) is 31.2 Å². The summed E-state index contributed by atoms with van der Waals surface area (Å²) in [6, 6.07) is 11.0. The van der Waals surface area contributed by atoms with Gasteiger partial charge in [0.1, 0.15) is 11.5 Å². The maximum absolute atomic E-state index is 12.2. The third-order valence-corrected chi connectivity index (χ3v) is 3.41. The molecule has 0 saturated heterocycles. The normalized spacial score (nSPS) is 10.7. The number of hydrogen-bond acceptors (Lipinski definition) is 2. The van der Waals surface area contributed by atoms with Gasteiger partial charge >= 0.3 is 0 Å². The van der Waals surface area contributed by atoms with Crippen LogP contribution in [0.4, 0.5) is 5.82 Å². The van der Waals surface area contributed by atoms with Crippen LogP contribution in [0.25, 0.3) is 10.9 Å². The highest BCUT2D eigenvalue weighted by atomic mass is 35.5. The number of H-pyrrole nitrogens is 1. The van der Waals surface area contributed by atoms with Gasteiger partial charge < -0.3 is 10.3 Å². The number of carbonyl (C=O) groups excluding carboxylic acids is 1. The van der Waals surface area contributed by atoms with E-state index in [4.69, 9.17) is 11.6 Å². The van der Waals surface area contributed by atoms with E-state index in [1.54, 1.807) is 18.3 Å². The highest BCUT2D eigenvalue weighted by Crippen LogP contribution is 2.23. The van der Waals surface area contributed by atoms with Crippen molar-refractivity contribution >= 4 is 34.2 Å². The van der Waals surface area contributed by atoms with Crippen molar-refractivity contribution in [2.75, 3.05) is 5.32 Å². The van der Waals surface area contributed by atoms with Gasteiger partial charge in [0.15, 0.2) is 0 Å². The van der Waals surface area contributed by atoms with Crippen LogP contribution < -0.4 is 5.32 Å². The summed E-state index contributed by atoms with van der Waals surface area (Å²) < 4.78 is 0. The van der Waals surface area contributed by atoms with Crippen LogP contribution >= 0.6 is 11.6 Å². The van der Waals surface area contributed by atoms with Crippen molar-refractivity contribution in [3.05, 3.63) is 58.9 Å². The Hall–Kier alpha value is -2.33. The van der Waals surface area contributed by atoms with Gasteiger partial charge in [0.2, 0.25) is 0 Å². The lowest BCUT2D eigenvalue weighted by atomic mass is 10.2.